The molecule has 4 aliphatic rings. The van der Waals surface area contributed by atoms with Crippen LogP contribution in [0.3, 0.4) is 0 Å². The van der Waals surface area contributed by atoms with Crippen LogP contribution in [0.5, 0.6) is 0 Å². The molecule has 142 heavy (non-hydrogen) atoms. The van der Waals surface area contributed by atoms with Crippen LogP contribution in [0.2, 0.25) is 0 Å². The Balaban J connectivity index is 0.616. The van der Waals surface area contributed by atoms with E-state index in [1.165, 1.54) is 177 Å². The standard InChI is InChI=1S/C140H96N2/c1-137(2)124-56-31-28-53-117(124)119-85-73-103(90-128(119)137)134-114-51-26-24-39-98(114)71-83-116(134)100-69-79-111(80-70-100)141(110-77-67-96(68-78-110)94-37-12-4-13-38-94)112-81-86-122-120-84-72-102(89-129(120)140(131(122)91-112,107-47-20-8-21-48-107)108-49-22-9-23-50-108)97-65-75-109(76-66-97)139(106-45-18-7-19-46-106)125-57-32-29-54-118(125)121-87-82-113(92-130(121)139)142(133-88-74-99-40-25-27-52-115(99)135(133)101-63-61-95(62-64-101)93-35-10-3-11-36-93)132-60-34-59-127-136(132)123-55-30-33-58-126(123)138(127,104-41-14-5-15-42-104)105-43-16-6-17-44-105/h3-92H,1-2H3. The van der Waals surface area contributed by atoms with Crippen LogP contribution >= 0.6 is 0 Å². The molecule has 2 nitrogen and oxygen atoms in total. The number of fused-ring (bicyclic) bond motifs is 14. The minimum absolute atomic E-state index is 0.154. The first-order valence-electron chi connectivity index (χ1n) is 49.7. The van der Waals surface area contributed by atoms with Crippen LogP contribution in [0.1, 0.15) is 91.7 Å². The zero-order valence-corrected chi connectivity index (χ0v) is 78.9. The molecule has 27 rings (SSSR count). The molecule has 23 aromatic carbocycles. The zero-order chi connectivity index (χ0) is 94.2. The van der Waals surface area contributed by atoms with E-state index in [0.29, 0.717) is 0 Å². The second-order valence-corrected chi connectivity index (χ2v) is 39.1. The lowest BCUT2D eigenvalue weighted by atomic mass is 9.67. The highest BCUT2D eigenvalue weighted by atomic mass is 15.2. The Labute approximate surface area is 830 Å². The lowest BCUT2D eigenvalue weighted by Gasteiger charge is -2.36. The highest BCUT2D eigenvalue weighted by molar-refractivity contribution is 6.10. The van der Waals surface area contributed by atoms with Gasteiger partial charge in [-0.3, -0.25) is 0 Å². The van der Waals surface area contributed by atoms with Crippen LogP contribution in [-0.4, -0.2) is 0 Å². The molecule has 1 atom stereocenters. The highest BCUT2D eigenvalue weighted by Gasteiger charge is 2.51. The fourth-order valence-corrected chi connectivity index (χ4v) is 25.2. The average molecular weight is 1810 g/mol. The van der Waals surface area contributed by atoms with Crippen molar-refractivity contribution in [2.45, 2.75) is 35.5 Å². The molecule has 0 radical (unpaired) electrons. The van der Waals surface area contributed by atoms with E-state index >= 15 is 0 Å². The summed E-state index contributed by atoms with van der Waals surface area (Å²) >= 11 is 0. The summed E-state index contributed by atoms with van der Waals surface area (Å²) in [7, 11) is 0. The maximum atomic E-state index is 2.63. The summed E-state index contributed by atoms with van der Waals surface area (Å²) in [6.07, 6.45) is 0. The van der Waals surface area contributed by atoms with Crippen molar-refractivity contribution < 1.29 is 0 Å². The Kier molecular flexibility index (Phi) is 19.7. The molecular weight excluding hydrogens is 1710 g/mol. The van der Waals surface area contributed by atoms with E-state index in [9.17, 15) is 0 Å². The van der Waals surface area contributed by atoms with Gasteiger partial charge in [-0.15, -0.1) is 0 Å². The van der Waals surface area contributed by atoms with Crippen LogP contribution in [-0.2, 0) is 21.7 Å². The largest absolute Gasteiger partial charge is 0.310 e. The van der Waals surface area contributed by atoms with Gasteiger partial charge in [0.1, 0.15) is 0 Å². The van der Waals surface area contributed by atoms with Crippen LogP contribution < -0.4 is 9.80 Å². The van der Waals surface area contributed by atoms with Gasteiger partial charge in [-0.2, -0.15) is 0 Å². The third-order valence-corrected chi connectivity index (χ3v) is 31.5. The third kappa shape index (κ3) is 12.9. The Hall–Kier alpha value is -17.8. The molecule has 0 spiro atoms. The molecule has 0 amide bonds. The van der Waals surface area contributed by atoms with Crippen molar-refractivity contribution >= 4 is 55.7 Å². The summed E-state index contributed by atoms with van der Waals surface area (Å²) in [6, 6.07) is 206. The lowest BCUT2D eigenvalue weighted by Crippen LogP contribution is -2.29. The normalized spacial score (nSPS) is 14.3. The summed E-state index contributed by atoms with van der Waals surface area (Å²) < 4.78 is 0. The summed E-state index contributed by atoms with van der Waals surface area (Å²) in [4.78, 5) is 5.10. The lowest BCUT2D eigenvalue weighted by molar-refractivity contribution is 0.660. The first kappa shape index (κ1) is 83.5. The van der Waals surface area contributed by atoms with E-state index < -0.39 is 16.2 Å². The molecule has 0 saturated heterocycles. The fraction of sp³-hybridized carbons (Fsp3) is 0.0429. The maximum absolute atomic E-state index is 2.63. The Morgan fingerprint density at radius 3 is 0.993 bits per heavy atom. The van der Waals surface area contributed by atoms with E-state index in [1.807, 2.05) is 0 Å². The number of hydrogen-bond donors (Lipinski definition) is 0. The first-order chi connectivity index (χ1) is 70.2. The third-order valence-electron chi connectivity index (χ3n) is 31.5. The molecule has 0 heterocycles. The number of hydrogen-bond acceptors (Lipinski definition) is 2. The molecule has 23 aromatic rings. The highest BCUT2D eigenvalue weighted by Crippen LogP contribution is 2.65. The molecule has 0 bridgehead atoms. The van der Waals surface area contributed by atoms with Crippen LogP contribution in [0, 0.1) is 0 Å². The predicted octanol–water partition coefficient (Wildman–Crippen LogP) is 36.3. The molecule has 2 heteroatoms. The minimum atomic E-state index is -0.809. The average Bonchev–Trinajstić information content (AvgIpc) is 1.52. The fourth-order valence-electron chi connectivity index (χ4n) is 25.2. The number of anilines is 6. The van der Waals surface area contributed by atoms with E-state index in [2.05, 4.69) is 570 Å². The summed E-state index contributed by atoms with van der Waals surface area (Å²) in [5, 5.41) is 4.79. The second kappa shape index (κ2) is 33.5. The summed E-state index contributed by atoms with van der Waals surface area (Å²) in [5.74, 6) is 0. The van der Waals surface area contributed by atoms with Gasteiger partial charge in [0.25, 0.3) is 0 Å². The van der Waals surface area contributed by atoms with Crippen molar-refractivity contribution in [1.29, 1.82) is 0 Å². The molecular formula is C140H96N2. The number of benzene rings is 23. The van der Waals surface area contributed by atoms with Crippen molar-refractivity contribution in [3.63, 3.8) is 0 Å². The van der Waals surface area contributed by atoms with E-state index in [1.54, 1.807) is 0 Å². The molecule has 666 valence electrons. The summed E-state index contributed by atoms with van der Waals surface area (Å²) in [5.41, 5.74) is 45.2. The van der Waals surface area contributed by atoms with Crippen molar-refractivity contribution in [1.82, 2.24) is 0 Å². The quantitative estimate of drug-likeness (QED) is 0.0845. The van der Waals surface area contributed by atoms with Gasteiger partial charge in [-0.05, 0) is 272 Å². The topological polar surface area (TPSA) is 6.48 Å². The molecule has 4 aliphatic carbocycles. The van der Waals surface area contributed by atoms with Gasteiger partial charge in [0.05, 0.1) is 27.6 Å². The van der Waals surface area contributed by atoms with Gasteiger partial charge in [0.15, 0.2) is 0 Å². The molecule has 0 saturated carbocycles. The van der Waals surface area contributed by atoms with Crippen LogP contribution in [0.4, 0.5) is 34.1 Å². The Morgan fingerprint density at radius 2 is 0.458 bits per heavy atom. The van der Waals surface area contributed by atoms with Gasteiger partial charge < -0.3 is 9.80 Å². The Bertz CT molecular complexity index is 8780. The first-order valence-corrected chi connectivity index (χ1v) is 49.7. The van der Waals surface area contributed by atoms with Crippen LogP contribution in [0.25, 0.3) is 133 Å². The van der Waals surface area contributed by atoms with Gasteiger partial charge in [-0.1, -0.05) is 487 Å². The van der Waals surface area contributed by atoms with Crippen molar-refractivity contribution in [2.75, 3.05) is 9.80 Å². The Morgan fingerprint density at radius 1 is 0.148 bits per heavy atom. The number of nitrogens with zero attached hydrogens (tertiary/aromatic N) is 2. The van der Waals surface area contributed by atoms with Crippen molar-refractivity contribution in [2.24, 2.45) is 0 Å². The monoisotopic (exact) mass is 1800 g/mol. The maximum Gasteiger partial charge on any atom is 0.0714 e. The van der Waals surface area contributed by atoms with Gasteiger partial charge in [0.2, 0.25) is 0 Å². The van der Waals surface area contributed by atoms with E-state index in [-0.39, 0.29) is 5.41 Å². The summed E-state index contributed by atoms with van der Waals surface area (Å²) in [6.45, 7) is 4.76. The smallest absolute Gasteiger partial charge is 0.0714 e. The van der Waals surface area contributed by atoms with Crippen molar-refractivity contribution in [3.8, 4) is 111 Å². The SMILES string of the molecule is CC1(C)c2ccccc2-c2ccc(-c3c(-c4ccc(N(c5ccc(-c6ccccc6)cc5)c5ccc6c(c5)C(c5ccccc5)(c5ccccc5)c5cc(-c7ccc(C8(c9ccccc9)c9ccccc9-c9ccc(N(c%10cccc%11c%10-c%10ccccc%10C%11(c%10ccccc%10)c%10ccccc%10)c%10ccc%11ccccc%11c%10-c%10ccc(-c%11ccccc%11)cc%10)cc98)cc7)ccc5-6)cc4)ccc4ccccc34)cc21. The van der Waals surface area contributed by atoms with E-state index in [0.717, 1.165) is 67.5 Å². The van der Waals surface area contributed by atoms with Gasteiger partial charge >= 0.3 is 0 Å². The van der Waals surface area contributed by atoms with Gasteiger partial charge in [-0.25, -0.2) is 0 Å². The number of rotatable bonds is 18. The minimum Gasteiger partial charge on any atom is -0.310 e. The molecule has 0 aliphatic heterocycles. The van der Waals surface area contributed by atoms with E-state index in [4.69, 9.17) is 0 Å². The molecule has 0 N–H and O–H groups in total. The predicted molar refractivity (Wildman–Crippen MR) is 593 cm³/mol. The van der Waals surface area contributed by atoms with Crippen molar-refractivity contribution in [3.05, 3.63) is 624 Å². The molecule has 0 fully saturated rings. The zero-order valence-electron chi connectivity index (χ0n) is 78.9. The molecule has 0 aromatic heterocycles. The van der Waals surface area contributed by atoms with Crippen LogP contribution in [0.15, 0.2) is 546 Å². The van der Waals surface area contributed by atoms with Gasteiger partial charge in [0, 0.05) is 39.3 Å². The molecule has 1 unspecified atom stereocenters. The second-order valence-electron chi connectivity index (χ2n) is 39.1.